The van der Waals surface area contributed by atoms with Crippen molar-refractivity contribution in [3.63, 3.8) is 0 Å². The number of carbonyl (C=O) groups is 2. The highest BCUT2D eigenvalue weighted by molar-refractivity contribution is 5.86. The van der Waals surface area contributed by atoms with Gasteiger partial charge in [0, 0.05) is 26.7 Å². The first-order valence-electron chi connectivity index (χ1n) is 6.80. The number of carbonyl (C=O) groups excluding carboxylic acids is 1. The van der Waals surface area contributed by atoms with Gasteiger partial charge < -0.3 is 24.6 Å². The van der Waals surface area contributed by atoms with E-state index in [1.54, 1.807) is 6.92 Å². The number of carboxylic acid groups (broad SMARTS) is 1. The number of amides is 1. The highest BCUT2D eigenvalue weighted by atomic mass is 16.5. The van der Waals surface area contributed by atoms with Gasteiger partial charge in [0.1, 0.15) is 12.1 Å². The SMILES string of the molecule is COCCC(NC(=O)C(C)OCC1CCCO1)C(=O)O. The lowest BCUT2D eigenvalue weighted by Crippen LogP contribution is -2.46. The first-order chi connectivity index (χ1) is 9.54. The summed E-state index contributed by atoms with van der Waals surface area (Å²) in [7, 11) is 1.48. The minimum Gasteiger partial charge on any atom is -0.480 e. The summed E-state index contributed by atoms with van der Waals surface area (Å²) in [5.41, 5.74) is 0. The van der Waals surface area contributed by atoms with Gasteiger partial charge in [-0.25, -0.2) is 4.79 Å². The predicted octanol–water partition coefficient (Wildman–Crippen LogP) is 0.176. The Bertz CT molecular complexity index is 316. The van der Waals surface area contributed by atoms with Crippen molar-refractivity contribution >= 4 is 11.9 Å². The number of rotatable bonds is 9. The molecule has 0 radical (unpaired) electrons. The third kappa shape index (κ3) is 5.85. The Hall–Kier alpha value is -1.18. The molecule has 3 unspecified atom stereocenters. The number of nitrogens with one attached hydrogen (secondary N) is 1. The van der Waals surface area contributed by atoms with E-state index in [1.165, 1.54) is 7.11 Å². The van der Waals surface area contributed by atoms with Crippen molar-refractivity contribution in [1.29, 1.82) is 0 Å². The molecule has 0 aliphatic carbocycles. The molecule has 1 aliphatic rings. The summed E-state index contributed by atoms with van der Waals surface area (Å²) in [6, 6.07) is -0.962. The number of hydrogen-bond donors (Lipinski definition) is 2. The van der Waals surface area contributed by atoms with E-state index in [-0.39, 0.29) is 19.1 Å². The van der Waals surface area contributed by atoms with Crippen LogP contribution < -0.4 is 5.32 Å². The molecule has 1 rings (SSSR count). The van der Waals surface area contributed by atoms with Gasteiger partial charge in [-0.05, 0) is 19.8 Å². The fourth-order valence-corrected chi connectivity index (χ4v) is 1.89. The second-order valence-electron chi connectivity index (χ2n) is 4.79. The molecule has 0 bridgehead atoms. The average molecular weight is 289 g/mol. The Morgan fingerprint density at radius 3 is 2.80 bits per heavy atom. The van der Waals surface area contributed by atoms with Crippen molar-refractivity contribution in [2.75, 3.05) is 26.9 Å². The number of methoxy groups -OCH3 is 1. The van der Waals surface area contributed by atoms with Crippen molar-refractivity contribution in [3.05, 3.63) is 0 Å². The van der Waals surface area contributed by atoms with E-state index in [0.717, 1.165) is 19.4 Å². The molecule has 0 aromatic carbocycles. The maximum absolute atomic E-state index is 11.8. The Morgan fingerprint density at radius 1 is 1.50 bits per heavy atom. The fraction of sp³-hybridized carbons (Fsp3) is 0.846. The van der Waals surface area contributed by atoms with Crippen molar-refractivity contribution in [1.82, 2.24) is 5.32 Å². The summed E-state index contributed by atoms with van der Waals surface area (Å²) in [4.78, 5) is 22.8. The normalized spacial score (nSPS) is 21.4. The lowest BCUT2D eigenvalue weighted by atomic mass is 10.2. The van der Waals surface area contributed by atoms with E-state index in [1.807, 2.05) is 0 Å². The Kier molecular flexibility index (Phi) is 7.50. The number of carboxylic acids is 1. The van der Waals surface area contributed by atoms with Gasteiger partial charge in [-0.15, -0.1) is 0 Å². The van der Waals surface area contributed by atoms with Gasteiger partial charge in [0.15, 0.2) is 0 Å². The second kappa shape index (κ2) is 8.89. The van der Waals surface area contributed by atoms with Gasteiger partial charge in [-0.1, -0.05) is 0 Å². The molecule has 0 aromatic heterocycles. The zero-order chi connectivity index (χ0) is 15.0. The van der Waals surface area contributed by atoms with E-state index in [0.29, 0.717) is 6.61 Å². The average Bonchev–Trinajstić information content (AvgIpc) is 2.93. The highest BCUT2D eigenvalue weighted by Crippen LogP contribution is 2.12. The molecule has 3 atom stereocenters. The van der Waals surface area contributed by atoms with Gasteiger partial charge in [0.2, 0.25) is 5.91 Å². The van der Waals surface area contributed by atoms with Crippen molar-refractivity contribution in [2.24, 2.45) is 0 Å². The lowest BCUT2D eigenvalue weighted by molar-refractivity contribution is -0.145. The summed E-state index contributed by atoms with van der Waals surface area (Å²) >= 11 is 0. The molecule has 20 heavy (non-hydrogen) atoms. The zero-order valence-electron chi connectivity index (χ0n) is 12.0. The van der Waals surface area contributed by atoms with Crippen LogP contribution in [0.15, 0.2) is 0 Å². The van der Waals surface area contributed by atoms with E-state index in [9.17, 15) is 9.59 Å². The molecule has 0 saturated carbocycles. The van der Waals surface area contributed by atoms with Gasteiger partial charge in [0.05, 0.1) is 12.7 Å². The summed E-state index contributed by atoms with van der Waals surface area (Å²) in [6.45, 7) is 2.94. The predicted molar refractivity (Wildman–Crippen MR) is 70.4 cm³/mol. The van der Waals surface area contributed by atoms with Crippen LogP contribution in [0.3, 0.4) is 0 Å². The maximum atomic E-state index is 11.8. The largest absolute Gasteiger partial charge is 0.480 e. The maximum Gasteiger partial charge on any atom is 0.326 e. The van der Waals surface area contributed by atoms with Crippen LogP contribution in [-0.2, 0) is 23.8 Å². The van der Waals surface area contributed by atoms with Crippen LogP contribution in [-0.4, -0.2) is 62.2 Å². The highest BCUT2D eigenvalue weighted by Gasteiger charge is 2.24. The quantitative estimate of drug-likeness (QED) is 0.628. The third-order valence-electron chi connectivity index (χ3n) is 3.15. The van der Waals surface area contributed by atoms with Crippen LogP contribution in [0.25, 0.3) is 0 Å². The number of hydrogen-bond acceptors (Lipinski definition) is 5. The zero-order valence-corrected chi connectivity index (χ0v) is 12.0. The van der Waals surface area contributed by atoms with Crippen LogP contribution in [0.1, 0.15) is 26.2 Å². The Morgan fingerprint density at radius 2 is 2.25 bits per heavy atom. The van der Waals surface area contributed by atoms with E-state index in [4.69, 9.17) is 19.3 Å². The van der Waals surface area contributed by atoms with Crippen LogP contribution in [0, 0.1) is 0 Å². The van der Waals surface area contributed by atoms with Gasteiger partial charge in [0.25, 0.3) is 0 Å². The minimum absolute atomic E-state index is 0.0361. The molecular formula is C13H23NO6. The summed E-state index contributed by atoms with van der Waals surface area (Å²) in [6.07, 6.45) is 1.49. The topological polar surface area (TPSA) is 94.1 Å². The Labute approximate surface area is 118 Å². The number of ether oxygens (including phenoxy) is 3. The minimum atomic E-state index is -1.08. The summed E-state index contributed by atoms with van der Waals surface area (Å²) in [5, 5.41) is 11.4. The van der Waals surface area contributed by atoms with Crippen molar-refractivity contribution < 1.29 is 28.9 Å². The van der Waals surface area contributed by atoms with Crippen LogP contribution >= 0.6 is 0 Å². The van der Waals surface area contributed by atoms with E-state index in [2.05, 4.69) is 5.32 Å². The molecule has 7 heteroatoms. The molecule has 116 valence electrons. The Balaban J connectivity index is 2.32. The smallest absolute Gasteiger partial charge is 0.326 e. The van der Waals surface area contributed by atoms with Crippen LogP contribution in [0.2, 0.25) is 0 Å². The van der Waals surface area contributed by atoms with Crippen molar-refractivity contribution in [2.45, 2.75) is 44.4 Å². The van der Waals surface area contributed by atoms with Crippen LogP contribution in [0.5, 0.6) is 0 Å². The molecule has 1 fully saturated rings. The van der Waals surface area contributed by atoms with Crippen LogP contribution in [0.4, 0.5) is 0 Å². The second-order valence-corrected chi connectivity index (χ2v) is 4.79. The molecule has 1 heterocycles. The first-order valence-corrected chi connectivity index (χ1v) is 6.80. The monoisotopic (exact) mass is 289 g/mol. The molecule has 1 saturated heterocycles. The molecule has 0 spiro atoms. The standard InChI is InChI=1S/C13H23NO6/c1-9(20-8-10-4-3-6-19-10)12(15)14-11(13(16)17)5-7-18-2/h9-11H,3-8H2,1-2H3,(H,14,15)(H,16,17). The first kappa shape index (κ1) is 16.9. The molecule has 1 aliphatic heterocycles. The van der Waals surface area contributed by atoms with Gasteiger partial charge >= 0.3 is 5.97 Å². The summed E-state index contributed by atoms with van der Waals surface area (Å²) in [5.74, 6) is -1.52. The van der Waals surface area contributed by atoms with Gasteiger partial charge in [-0.2, -0.15) is 0 Å². The molecule has 2 N–H and O–H groups in total. The molecule has 0 aromatic rings. The summed E-state index contributed by atoms with van der Waals surface area (Å²) < 4.78 is 15.6. The molecule has 1 amide bonds. The van der Waals surface area contributed by atoms with Gasteiger partial charge in [-0.3, -0.25) is 4.79 Å². The molecular weight excluding hydrogens is 266 g/mol. The third-order valence-corrected chi connectivity index (χ3v) is 3.15. The fourth-order valence-electron chi connectivity index (χ4n) is 1.89. The van der Waals surface area contributed by atoms with E-state index < -0.39 is 24.0 Å². The molecule has 7 nitrogen and oxygen atoms in total. The number of aliphatic carboxylic acids is 1. The van der Waals surface area contributed by atoms with Crippen molar-refractivity contribution in [3.8, 4) is 0 Å². The lowest BCUT2D eigenvalue weighted by Gasteiger charge is -2.19. The van der Waals surface area contributed by atoms with E-state index >= 15 is 0 Å².